The molecule has 0 saturated carbocycles. The van der Waals surface area contributed by atoms with Crippen LogP contribution in [0.1, 0.15) is 18.4 Å². The van der Waals surface area contributed by atoms with Gasteiger partial charge in [-0.3, -0.25) is 0 Å². The van der Waals surface area contributed by atoms with Crippen LogP contribution in [0.15, 0.2) is 12.1 Å². The minimum atomic E-state index is 0.517. The molecule has 3 nitrogen and oxygen atoms in total. The van der Waals surface area contributed by atoms with Crippen molar-refractivity contribution in [2.75, 3.05) is 18.0 Å². The minimum absolute atomic E-state index is 0.517. The van der Waals surface area contributed by atoms with Crippen molar-refractivity contribution in [3.8, 4) is 0 Å². The lowest BCUT2D eigenvalue weighted by Crippen LogP contribution is -2.19. The molecular weight excluding hydrogens is 198 g/mol. The molecule has 1 aromatic rings. The predicted molar refractivity (Wildman–Crippen MR) is 58.6 cm³/mol. The van der Waals surface area contributed by atoms with Crippen LogP contribution in [0.4, 0.5) is 5.82 Å². The van der Waals surface area contributed by atoms with Crippen LogP contribution in [-0.4, -0.2) is 18.1 Å². The highest BCUT2D eigenvalue weighted by atomic mass is 35.5. The fraction of sp³-hybridized carbons (Fsp3) is 0.500. The lowest BCUT2D eigenvalue weighted by atomic mass is 10.2. The zero-order valence-corrected chi connectivity index (χ0v) is 8.80. The average Bonchev–Trinajstić information content (AvgIpc) is 2.69. The maximum Gasteiger partial charge on any atom is 0.131 e. The molecule has 14 heavy (non-hydrogen) atoms. The molecule has 2 N–H and O–H groups in total. The van der Waals surface area contributed by atoms with Crippen LogP contribution in [0.25, 0.3) is 0 Å². The molecule has 0 aromatic carbocycles. The molecule has 2 heterocycles. The molecule has 0 radical (unpaired) electrons. The van der Waals surface area contributed by atoms with Gasteiger partial charge in [0.2, 0.25) is 0 Å². The van der Waals surface area contributed by atoms with Gasteiger partial charge in [-0.05, 0) is 30.5 Å². The van der Waals surface area contributed by atoms with Crippen LogP contribution in [-0.2, 0) is 6.54 Å². The Kier molecular flexibility index (Phi) is 2.89. The molecule has 0 spiro atoms. The Morgan fingerprint density at radius 3 is 2.71 bits per heavy atom. The summed E-state index contributed by atoms with van der Waals surface area (Å²) in [4.78, 5) is 6.55. The Balaban J connectivity index is 2.27. The Bertz CT molecular complexity index is 321. The van der Waals surface area contributed by atoms with E-state index < -0.39 is 0 Å². The van der Waals surface area contributed by atoms with E-state index >= 15 is 0 Å². The number of aromatic nitrogens is 1. The number of nitrogens with zero attached hydrogens (tertiary/aromatic N) is 2. The van der Waals surface area contributed by atoms with Gasteiger partial charge in [-0.1, -0.05) is 11.6 Å². The van der Waals surface area contributed by atoms with Gasteiger partial charge >= 0.3 is 0 Å². The second-order valence-electron chi connectivity index (χ2n) is 3.55. The standard InChI is InChI=1S/C10H14ClN3/c11-9-5-8(7-12)6-10(13-9)14-3-1-2-4-14/h5-6H,1-4,7,12H2. The van der Waals surface area contributed by atoms with Crippen molar-refractivity contribution in [1.29, 1.82) is 0 Å². The van der Waals surface area contributed by atoms with E-state index in [0.29, 0.717) is 11.7 Å². The summed E-state index contributed by atoms with van der Waals surface area (Å²) in [5.41, 5.74) is 6.63. The van der Waals surface area contributed by atoms with Crippen molar-refractivity contribution in [2.45, 2.75) is 19.4 Å². The predicted octanol–water partition coefficient (Wildman–Crippen LogP) is 1.79. The fourth-order valence-corrected chi connectivity index (χ4v) is 1.99. The van der Waals surface area contributed by atoms with Crippen LogP contribution in [0.2, 0.25) is 5.15 Å². The molecule has 0 aliphatic carbocycles. The van der Waals surface area contributed by atoms with Crippen LogP contribution in [0, 0.1) is 0 Å². The molecule has 1 aromatic heterocycles. The Hall–Kier alpha value is -0.800. The second kappa shape index (κ2) is 4.15. The third-order valence-electron chi connectivity index (χ3n) is 2.51. The van der Waals surface area contributed by atoms with Gasteiger partial charge in [-0.25, -0.2) is 4.98 Å². The lowest BCUT2D eigenvalue weighted by molar-refractivity contribution is 0.928. The normalized spacial score (nSPS) is 16.3. The van der Waals surface area contributed by atoms with Gasteiger partial charge in [0.1, 0.15) is 11.0 Å². The average molecular weight is 212 g/mol. The fourth-order valence-electron chi connectivity index (χ4n) is 1.76. The van der Waals surface area contributed by atoms with Gasteiger partial charge in [0.15, 0.2) is 0 Å². The van der Waals surface area contributed by atoms with E-state index in [1.807, 2.05) is 12.1 Å². The molecular formula is C10H14ClN3. The smallest absolute Gasteiger partial charge is 0.131 e. The maximum absolute atomic E-state index is 5.91. The number of rotatable bonds is 2. The van der Waals surface area contributed by atoms with E-state index in [9.17, 15) is 0 Å². The molecule has 76 valence electrons. The van der Waals surface area contributed by atoms with E-state index in [1.54, 1.807) is 0 Å². The number of hydrogen-bond donors (Lipinski definition) is 1. The van der Waals surface area contributed by atoms with Gasteiger partial charge in [0, 0.05) is 19.6 Å². The summed E-state index contributed by atoms with van der Waals surface area (Å²) in [6.45, 7) is 2.68. The van der Waals surface area contributed by atoms with Crippen LogP contribution in [0.5, 0.6) is 0 Å². The van der Waals surface area contributed by atoms with E-state index in [-0.39, 0.29) is 0 Å². The Morgan fingerprint density at radius 1 is 1.36 bits per heavy atom. The van der Waals surface area contributed by atoms with Crippen molar-refractivity contribution in [3.05, 3.63) is 22.8 Å². The van der Waals surface area contributed by atoms with Crippen molar-refractivity contribution in [1.82, 2.24) is 4.98 Å². The zero-order chi connectivity index (χ0) is 9.97. The molecule has 0 bridgehead atoms. The Morgan fingerprint density at radius 2 is 2.07 bits per heavy atom. The largest absolute Gasteiger partial charge is 0.357 e. The highest BCUT2D eigenvalue weighted by Gasteiger charge is 2.14. The van der Waals surface area contributed by atoms with Crippen molar-refractivity contribution < 1.29 is 0 Å². The van der Waals surface area contributed by atoms with Gasteiger partial charge in [-0.2, -0.15) is 0 Å². The third kappa shape index (κ3) is 1.99. The minimum Gasteiger partial charge on any atom is -0.357 e. The monoisotopic (exact) mass is 211 g/mol. The van der Waals surface area contributed by atoms with Crippen LogP contribution in [0.3, 0.4) is 0 Å². The Labute approximate surface area is 88.9 Å². The summed E-state index contributed by atoms with van der Waals surface area (Å²) in [6.07, 6.45) is 2.48. The molecule has 0 unspecified atom stereocenters. The second-order valence-corrected chi connectivity index (χ2v) is 3.94. The van der Waals surface area contributed by atoms with E-state index in [4.69, 9.17) is 17.3 Å². The van der Waals surface area contributed by atoms with Gasteiger partial charge in [0.05, 0.1) is 0 Å². The SMILES string of the molecule is NCc1cc(Cl)nc(N2CCCC2)c1. The number of hydrogen-bond acceptors (Lipinski definition) is 3. The first-order chi connectivity index (χ1) is 6.79. The molecule has 1 aliphatic heterocycles. The van der Waals surface area contributed by atoms with Crippen molar-refractivity contribution >= 4 is 17.4 Å². The summed E-state index contributed by atoms with van der Waals surface area (Å²) in [5, 5.41) is 0.537. The number of anilines is 1. The van der Waals surface area contributed by atoms with Crippen molar-refractivity contribution in [2.24, 2.45) is 5.73 Å². The quantitative estimate of drug-likeness (QED) is 0.759. The van der Waals surface area contributed by atoms with Crippen molar-refractivity contribution in [3.63, 3.8) is 0 Å². The zero-order valence-electron chi connectivity index (χ0n) is 8.04. The molecule has 1 aliphatic rings. The first-order valence-electron chi connectivity index (χ1n) is 4.91. The topological polar surface area (TPSA) is 42.1 Å². The van der Waals surface area contributed by atoms with Gasteiger partial charge in [-0.15, -0.1) is 0 Å². The van der Waals surface area contributed by atoms with E-state index in [1.165, 1.54) is 12.8 Å². The summed E-state index contributed by atoms with van der Waals surface area (Å²) >= 11 is 5.91. The van der Waals surface area contributed by atoms with E-state index in [2.05, 4.69) is 9.88 Å². The highest BCUT2D eigenvalue weighted by Crippen LogP contribution is 2.21. The van der Waals surface area contributed by atoms with Crippen LogP contribution >= 0.6 is 11.6 Å². The number of pyridine rings is 1. The first kappa shape index (κ1) is 9.74. The summed E-state index contributed by atoms with van der Waals surface area (Å²) in [5.74, 6) is 0.968. The molecule has 1 saturated heterocycles. The maximum atomic E-state index is 5.91. The molecule has 4 heteroatoms. The molecule has 0 atom stereocenters. The molecule has 1 fully saturated rings. The lowest BCUT2D eigenvalue weighted by Gasteiger charge is -2.17. The van der Waals surface area contributed by atoms with E-state index in [0.717, 1.165) is 24.5 Å². The summed E-state index contributed by atoms with van der Waals surface area (Å²) in [7, 11) is 0. The van der Waals surface area contributed by atoms with Gasteiger partial charge < -0.3 is 10.6 Å². The highest BCUT2D eigenvalue weighted by molar-refractivity contribution is 6.29. The van der Waals surface area contributed by atoms with Gasteiger partial charge in [0.25, 0.3) is 0 Å². The number of halogens is 1. The summed E-state index contributed by atoms with van der Waals surface area (Å²) < 4.78 is 0. The molecule has 0 amide bonds. The first-order valence-corrected chi connectivity index (χ1v) is 5.29. The summed E-state index contributed by atoms with van der Waals surface area (Å²) in [6, 6.07) is 3.85. The third-order valence-corrected chi connectivity index (χ3v) is 2.70. The number of nitrogens with two attached hydrogens (primary N) is 1. The van der Waals surface area contributed by atoms with Crippen LogP contribution < -0.4 is 10.6 Å². The molecule has 2 rings (SSSR count).